The Labute approximate surface area is 119 Å². The highest BCUT2D eigenvalue weighted by molar-refractivity contribution is 7.87. The highest BCUT2D eigenvalue weighted by atomic mass is 32.2. The summed E-state index contributed by atoms with van der Waals surface area (Å²) in [6, 6.07) is 7.38. The SMILES string of the molecule is O=S(=O)(NC1CC1)N1CCC(c2ccc(O)cc2)CC1. The van der Waals surface area contributed by atoms with Gasteiger partial charge in [0.15, 0.2) is 0 Å². The summed E-state index contributed by atoms with van der Waals surface area (Å²) in [6.07, 6.45) is 3.58. The lowest BCUT2D eigenvalue weighted by Gasteiger charge is -2.31. The van der Waals surface area contributed by atoms with E-state index in [9.17, 15) is 13.5 Å². The molecule has 3 rings (SSSR count). The summed E-state index contributed by atoms with van der Waals surface area (Å²) in [4.78, 5) is 0. The van der Waals surface area contributed by atoms with E-state index in [2.05, 4.69) is 4.72 Å². The van der Waals surface area contributed by atoms with Crippen LogP contribution in [0.3, 0.4) is 0 Å². The van der Waals surface area contributed by atoms with Gasteiger partial charge in [-0.05, 0) is 49.3 Å². The van der Waals surface area contributed by atoms with Gasteiger partial charge >= 0.3 is 0 Å². The topological polar surface area (TPSA) is 69.6 Å². The Morgan fingerprint density at radius 3 is 2.20 bits per heavy atom. The average Bonchev–Trinajstić information content (AvgIpc) is 3.23. The summed E-state index contributed by atoms with van der Waals surface area (Å²) >= 11 is 0. The Morgan fingerprint density at radius 2 is 1.65 bits per heavy atom. The smallest absolute Gasteiger partial charge is 0.279 e. The number of phenols is 1. The predicted molar refractivity (Wildman–Crippen MR) is 76.7 cm³/mol. The second-order valence-electron chi connectivity index (χ2n) is 5.66. The first-order valence-corrected chi connectivity index (χ1v) is 8.55. The van der Waals surface area contributed by atoms with Gasteiger partial charge in [-0.1, -0.05) is 12.1 Å². The van der Waals surface area contributed by atoms with Gasteiger partial charge in [0.1, 0.15) is 5.75 Å². The van der Waals surface area contributed by atoms with Gasteiger partial charge in [0.05, 0.1) is 0 Å². The van der Waals surface area contributed by atoms with Crippen LogP contribution in [0.15, 0.2) is 24.3 Å². The average molecular weight is 296 g/mol. The number of hydrogen-bond acceptors (Lipinski definition) is 3. The van der Waals surface area contributed by atoms with Crippen LogP contribution in [0.25, 0.3) is 0 Å². The molecule has 1 aromatic carbocycles. The molecule has 110 valence electrons. The van der Waals surface area contributed by atoms with Gasteiger partial charge in [-0.15, -0.1) is 0 Å². The zero-order chi connectivity index (χ0) is 14.2. The van der Waals surface area contributed by atoms with Crippen LogP contribution in [0.1, 0.15) is 37.2 Å². The Hall–Kier alpha value is -1.11. The van der Waals surface area contributed by atoms with E-state index >= 15 is 0 Å². The number of rotatable bonds is 4. The van der Waals surface area contributed by atoms with Gasteiger partial charge in [0.25, 0.3) is 10.2 Å². The summed E-state index contributed by atoms with van der Waals surface area (Å²) in [7, 11) is -3.29. The molecule has 1 heterocycles. The fourth-order valence-corrected chi connectivity index (χ4v) is 4.16. The number of hydrogen-bond donors (Lipinski definition) is 2. The zero-order valence-electron chi connectivity index (χ0n) is 11.3. The van der Waals surface area contributed by atoms with Crippen LogP contribution < -0.4 is 4.72 Å². The van der Waals surface area contributed by atoms with E-state index in [0.29, 0.717) is 19.0 Å². The molecule has 2 fully saturated rings. The maximum Gasteiger partial charge on any atom is 0.279 e. The summed E-state index contributed by atoms with van der Waals surface area (Å²) in [6.45, 7) is 1.13. The Bertz CT molecular complexity index is 559. The van der Waals surface area contributed by atoms with E-state index in [-0.39, 0.29) is 11.8 Å². The molecular formula is C14H20N2O3S. The molecule has 1 aromatic rings. The molecule has 1 saturated heterocycles. The summed E-state index contributed by atoms with van der Waals surface area (Å²) in [5.74, 6) is 0.644. The third-order valence-corrected chi connectivity index (χ3v) is 5.73. The molecule has 1 saturated carbocycles. The Morgan fingerprint density at radius 1 is 1.05 bits per heavy atom. The molecule has 0 aromatic heterocycles. The second-order valence-corrected chi connectivity index (χ2v) is 7.36. The van der Waals surface area contributed by atoms with Crippen molar-refractivity contribution in [2.45, 2.75) is 37.6 Å². The van der Waals surface area contributed by atoms with E-state index in [1.54, 1.807) is 16.4 Å². The van der Waals surface area contributed by atoms with E-state index in [1.807, 2.05) is 12.1 Å². The summed E-state index contributed by atoms with van der Waals surface area (Å²) in [5, 5.41) is 9.30. The molecule has 0 radical (unpaired) electrons. The van der Waals surface area contributed by atoms with Crippen molar-refractivity contribution >= 4 is 10.2 Å². The van der Waals surface area contributed by atoms with Crippen LogP contribution >= 0.6 is 0 Å². The lowest BCUT2D eigenvalue weighted by molar-refractivity contribution is 0.315. The van der Waals surface area contributed by atoms with Crippen molar-refractivity contribution < 1.29 is 13.5 Å². The fourth-order valence-electron chi connectivity index (χ4n) is 2.66. The normalized spacial score (nSPS) is 22.0. The van der Waals surface area contributed by atoms with E-state index in [0.717, 1.165) is 25.7 Å². The molecule has 20 heavy (non-hydrogen) atoms. The molecule has 5 nitrogen and oxygen atoms in total. The minimum absolute atomic E-state index is 0.162. The maximum absolute atomic E-state index is 12.1. The Balaban J connectivity index is 1.60. The predicted octanol–water partition coefficient (Wildman–Crippen LogP) is 1.57. The molecule has 1 aliphatic heterocycles. The molecule has 2 N–H and O–H groups in total. The zero-order valence-corrected chi connectivity index (χ0v) is 12.1. The summed E-state index contributed by atoms with van der Waals surface area (Å²) < 4.78 is 28.5. The van der Waals surface area contributed by atoms with Gasteiger partial charge in [-0.2, -0.15) is 17.4 Å². The molecule has 0 unspecified atom stereocenters. The number of aromatic hydroxyl groups is 1. The third-order valence-electron chi connectivity index (χ3n) is 4.05. The van der Waals surface area contributed by atoms with Crippen molar-refractivity contribution in [2.75, 3.05) is 13.1 Å². The van der Waals surface area contributed by atoms with Crippen molar-refractivity contribution in [3.8, 4) is 5.75 Å². The first-order chi connectivity index (χ1) is 9.54. The number of nitrogens with one attached hydrogen (secondary N) is 1. The molecular weight excluding hydrogens is 276 g/mol. The van der Waals surface area contributed by atoms with Crippen LogP contribution in [0, 0.1) is 0 Å². The third kappa shape index (κ3) is 3.13. The van der Waals surface area contributed by atoms with Gasteiger partial charge in [-0.25, -0.2) is 0 Å². The molecule has 2 aliphatic rings. The van der Waals surface area contributed by atoms with Gasteiger partial charge < -0.3 is 5.11 Å². The molecule has 6 heteroatoms. The van der Waals surface area contributed by atoms with Crippen molar-refractivity contribution in [1.82, 2.24) is 9.03 Å². The van der Waals surface area contributed by atoms with Crippen molar-refractivity contribution in [3.05, 3.63) is 29.8 Å². The second kappa shape index (κ2) is 5.35. The molecule has 0 spiro atoms. The first kappa shape index (κ1) is 13.9. The van der Waals surface area contributed by atoms with Crippen LogP contribution in [-0.4, -0.2) is 37.0 Å². The molecule has 0 atom stereocenters. The highest BCUT2D eigenvalue weighted by Gasteiger charge is 2.33. The minimum Gasteiger partial charge on any atom is -0.508 e. The quantitative estimate of drug-likeness (QED) is 0.886. The minimum atomic E-state index is -3.29. The van der Waals surface area contributed by atoms with Crippen LogP contribution in [-0.2, 0) is 10.2 Å². The molecule has 0 amide bonds. The van der Waals surface area contributed by atoms with Crippen molar-refractivity contribution in [1.29, 1.82) is 0 Å². The summed E-state index contributed by atoms with van der Waals surface area (Å²) in [5.41, 5.74) is 1.18. The number of nitrogens with zero attached hydrogens (tertiary/aromatic N) is 1. The number of phenolic OH excluding ortho intramolecular Hbond substituents is 1. The van der Waals surface area contributed by atoms with E-state index < -0.39 is 10.2 Å². The van der Waals surface area contributed by atoms with Gasteiger partial charge in [0.2, 0.25) is 0 Å². The van der Waals surface area contributed by atoms with Crippen molar-refractivity contribution in [3.63, 3.8) is 0 Å². The lowest BCUT2D eigenvalue weighted by atomic mass is 9.90. The largest absolute Gasteiger partial charge is 0.508 e. The lowest BCUT2D eigenvalue weighted by Crippen LogP contribution is -2.45. The first-order valence-electron chi connectivity index (χ1n) is 7.11. The van der Waals surface area contributed by atoms with Crippen LogP contribution in [0.4, 0.5) is 0 Å². The standard InChI is InChI=1S/C14H20N2O3S/c17-14-5-1-11(2-6-14)12-7-9-16(10-8-12)20(18,19)15-13-3-4-13/h1-2,5-6,12-13,15,17H,3-4,7-10H2. The number of piperidine rings is 1. The van der Waals surface area contributed by atoms with E-state index in [4.69, 9.17) is 0 Å². The molecule has 0 bridgehead atoms. The highest BCUT2D eigenvalue weighted by Crippen LogP contribution is 2.30. The monoisotopic (exact) mass is 296 g/mol. The van der Waals surface area contributed by atoms with Gasteiger partial charge in [-0.3, -0.25) is 0 Å². The Kier molecular flexibility index (Phi) is 3.70. The molecule has 1 aliphatic carbocycles. The van der Waals surface area contributed by atoms with Crippen LogP contribution in [0.2, 0.25) is 0 Å². The fraction of sp³-hybridized carbons (Fsp3) is 0.571. The van der Waals surface area contributed by atoms with Crippen LogP contribution in [0.5, 0.6) is 5.75 Å². The maximum atomic E-state index is 12.1. The number of benzene rings is 1. The van der Waals surface area contributed by atoms with Crippen molar-refractivity contribution in [2.24, 2.45) is 0 Å². The van der Waals surface area contributed by atoms with Gasteiger partial charge in [0, 0.05) is 19.1 Å². The van der Waals surface area contributed by atoms with E-state index in [1.165, 1.54) is 5.56 Å².